The number of benzene rings is 1. The van der Waals surface area contributed by atoms with E-state index in [1.807, 2.05) is 13.8 Å². The fourth-order valence-corrected chi connectivity index (χ4v) is 1.58. The molecule has 0 aliphatic rings. The zero-order valence-electron chi connectivity index (χ0n) is 10.3. The van der Waals surface area contributed by atoms with E-state index in [1.165, 1.54) is 12.1 Å². The molecule has 0 saturated carbocycles. The van der Waals surface area contributed by atoms with Gasteiger partial charge in [-0.1, -0.05) is 13.0 Å². The van der Waals surface area contributed by atoms with Crippen LogP contribution in [0.2, 0.25) is 0 Å². The first-order chi connectivity index (χ1) is 8.04. The number of halogens is 1. The van der Waals surface area contributed by atoms with Crippen molar-refractivity contribution in [2.24, 2.45) is 5.73 Å². The molecule has 1 rings (SSSR count). The minimum Gasteiger partial charge on any atom is -0.354 e. The summed E-state index contributed by atoms with van der Waals surface area (Å²) >= 11 is 0. The van der Waals surface area contributed by atoms with Crippen LogP contribution in [0.3, 0.4) is 0 Å². The molecular weight excluding hydrogens is 219 g/mol. The summed E-state index contributed by atoms with van der Waals surface area (Å²) in [5, 5.41) is 2.77. The lowest BCUT2D eigenvalue weighted by Crippen LogP contribution is -2.40. The molecule has 0 aliphatic heterocycles. The lowest BCUT2D eigenvalue weighted by molar-refractivity contribution is -0.122. The quantitative estimate of drug-likeness (QED) is 0.817. The third kappa shape index (κ3) is 4.15. The van der Waals surface area contributed by atoms with Gasteiger partial charge in [-0.3, -0.25) is 4.79 Å². The molecule has 0 spiro atoms. The van der Waals surface area contributed by atoms with Gasteiger partial charge in [0.15, 0.2) is 0 Å². The van der Waals surface area contributed by atoms with Crippen LogP contribution >= 0.6 is 0 Å². The molecule has 94 valence electrons. The molecule has 0 fully saturated rings. The zero-order valence-corrected chi connectivity index (χ0v) is 10.3. The van der Waals surface area contributed by atoms with Crippen molar-refractivity contribution in [3.8, 4) is 0 Å². The van der Waals surface area contributed by atoms with Crippen LogP contribution in [-0.2, 0) is 11.2 Å². The molecule has 0 radical (unpaired) electrons. The Bertz CT molecular complexity index is 393. The van der Waals surface area contributed by atoms with Crippen molar-refractivity contribution in [1.29, 1.82) is 0 Å². The van der Waals surface area contributed by atoms with Crippen LogP contribution in [0.5, 0.6) is 0 Å². The number of hydrogen-bond acceptors (Lipinski definition) is 2. The van der Waals surface area contributed by atoms with Gasteiger partial charge in [-0.25, -0.2) is 4.39 Å². The molecule has 0 heterocycles. The van der Waals surface area contributed by atoms with Gasteiger partial charge in [-0.05, 0) is 43.0 Å². The van der Waals surface area contributed by atoms with Crippen LogP contribution < -0.4 is 11.1 Å². The summed E-state index contributed by atoms with van der Waals surface area (Å²) in [6.07, 6.45) is 1.32. The smallest absolute Gasteiger partial charge is 0.236 e. The molecular formula is C13H19FN2O. The van der Waals surface area contributed by atoms with Crippen molar-refractivity contribution in [1.82, 2.24) is 5.32 Å². The molecule has 1 aromatic carbocycles. The first-order valence-corrected chi connectivity index (χ1v) is 5.83. The predicted octanol–water partition coefficient (Wildman–Crippen LogP) is 1.53. The van der Waals surface area contributed by atoms with Gasteiger partial charge in [-0.2, -0.15) is 0 Å². The van der Waals surface area contributed by atoms with Gasteiger partial charge in [0.2, 0.25) is 5.91 Å². The van der Waals surface area contributed by atoms with Crippen LogP contribution in [0.25, 0.3) is 0 Å². The van der Waals surface area contributed by atoms with E-state index in [2.05, 4.69) is 5.32 Å². The number of hydrogen-bond donors (Lipinski definition) is 2. The topological polar surface area (TPSA) is 55.1 Å². The Morgan fingerprint density at radius 2 is 2.24 bits per heavy atom. The number of aryl methyl sites for hydroxylation is 1. The highest BCUT2D eigenvalue weighted by Crippen LogP contribution is 2.10. The normalized spacial score (nSPS) is 12.2. The third-order valence-electron chi connectivity index (χ3n) is 2.77. The Morgan fingerprint density at radius 3 is 2.82 bits per heavy atom. The standard InChI is InChI=1S/C13H19FN2O/c1-3-12(15)13(17)16-7-6-10-4-5-11(14)8-9(10)2/h4-5,8,12H,3,6-7,15H2,1-2H3,(H,16,17). The Balaban J connectivity index is 2.43. The number of nitrogens with two attached hydrogens (primary N) is 1. The molecule has 0 bridgehead atoms. The van der Waals surface area contributed by atoms with Gasteiger partial charge in [-0.15, -0.1) is 0 Å². The van der Waals surface area contributed by atoms with Gasteiger partial charge in [0.25, 0.3) is 0 Å². The van der Waals surface area contributed by atoms with Gasteiger partial charge >= 0.3 is 0 Å². The molecule has 3 N–H and O–H groups in total. The van der Waals surface area contributed by atoms with Crippen LogP contribution in [0.4, 0.5) is 4.39 Å². The number of carbonyl (C=O) groups is 1. The summed E-state index contributed by atoms with van der Waals surface area (Å²) in [5.41, 5.74) is 7.52. The molecule has 1 amide bonds. The maximum atomic E-state index is 12.9. The lowest BCUT2D eigenvalue weighted by atomic mass is 10.1. The van der Waals surface area contributed by atoms with Crippen molar-refractivity contribution >= 4 is 5.91 Å². The highest BCUT2D eigenvalue weighted by Gasteiger charge is 2.09. The van der Waals surface area contributed by atoms with Crippen molar-refractivity contribution < 1.29 is 9.18 Å². The van der Waals surface area contributed by atoms with Crippen molar-refractivity contribution in [2.45, 2.75) is 32.7 Å². The maximum Gasteiger partial charge on any atom is 0.236 e. The second-order valence-corrected chi connectivity index (χ2v) is 4.13. The second-order valence-electron chi connectivity index (χ2n) is 4.13. The summed E-state index contributed by atoms with van der Waals surface area (Å²) in [7, 11) is 0. The first-order valence-electron chi connectivity index (χ1n) is 5.83. The molecule has 4 heteroatoms. The summed E-state index contributed by atoms with van der Waals surface area (Å²) in [6.45, 7) is 4.26. The van der Waals surface area contributed by atoms with E-state index in [0.29, 0.717) is 19.4 Å². The van der Waals surface area contributed by atoms with E-state index < -0.39 is 6.04 Å². The van der Waals surface area contributed by atoms with Crippen molar-refractivity contribution in [2.75, 3.05) is 6.54 Å². The van der Waals surface area contributed by atoms with E-state index in [0.717, 1.165) is 11.1 Å². The molecule has 1 aromatic rings. The van der Waals surface area contributed by atoms with Gasteiger partial charge in [0.1, 0.15) is 5.82 Å². The fraction of sp³-hybridized carbons (Fsp3) is 0.462. The van der Waals surface area contributed by atoms with Crippen LogP contribution in [-0.4, -0.2) is 18.5 Å². The summed E-state index contributed by atoms with van der Waals surface area (Å²) < 4.78 is 12.9. The minimum atomic E-state index is -0.440. The van der Waals surface area contributed by atoms with E-state index in [9.17, 15) is 9.18 Å². The highest BCUT2D eigenvalue weighted by atomic mass is 19.1. The monoisotopic (exact) mass is 238 g/mol. The van der Waals surface area contributed by atoms with E-state index >= 15 is 0 Å². The lowest BCUT2D eigenvalue weighted by Gasteiger charge is -2.11. The van der Waals surface area contributed by atoms with E-state index in [1.54, 1.807) is 6.07 Å². The average molecular weight is 238 g/mol. The van der Waals surface area contributed by atoms with Crippen LogP contribution in [0, 0.1) is 12.7 Å². The largest absolute Gasteiger partial charge is 0.354 e. The molecule has 17 heavy (non-hydrogen) atoms. The zero-order chi connectivity index (χ0) is 12.8. The van der Waals surface area contributed by atoms with Crippen LogP contribution in [0.1, 0.15) is 24.5 Å². The summed E-state index contributed by atoms with van der Waals surface area (Å²) in [6, 6.07) is 4.23. The fourth-order valence-electron chi connectivity index (χ4n) is 1.58. The SMILES string of the molecule is CCC(N)C(=O)NCCc1ccc(F)cc1C. The minimum absolute atomic E-state index is 0.132. The number of amides is 1. The first kappa shape index (κ1) is 13.6. The summed E-state index contributed by atoms with van der Waals surface area (Å²) in [4.78, 5) is 11.4. The Labute approximate surface area is 101 Å². The maximum absolute atomic E-state index is 12.9. The Hall–Kier alpha value is -1.42. The Kier molecular flexibility index (Phi) is 5.10. The molecule has 0 aromatic heterocycles. The molecule has 0 aliphatic carbocycles. The Morgan fingerprint density at radius 1 is 1.53 bits per heavy atom. The van der Waals surface area contributed by atoms with Crippen molar-refractivity contribution in [3.63, 3.8) is 0 Å². The van der Waals surface area contributed by atoms with E-state index in [-0.39, 0.29) is 11.7 Å². The second kappa shape index (κ2) is 6.35. The van der Waals surface area contributed by atoms with Crippen LogP contribution in [0.15, 0.2) is 18.2 Å². The van der Waals surface area contributed by atoms with E-state index in [4.69, 9.17) is 5.73 Å². The molecule has 1 unspecified atom stereocenters. The number of carbonyl (C=O) groups excluding carboxylic acids is 1. The molecule has 3 nitrogen and oxygen atoms in total. The third-order valence-corrected chi connectivity index (χ3v) is 2.77. The molecule has 1 atom stereocenters. The molecule has 0 saturated heterocycles. The number of nitrogens with one attached hydrogen (secondary N) is 1. The van der Waals surface area contributed by atoms with Crippen molar-refractivity contribution in [3.05, 3.63) is 35.1 Å². The average Bonchev–Trinajstić information content (AvgIpc) is 2.30. The summed E-state index contributed by atoms with van der Waals surface area (Å²) in [5.74, 6) is -0.365. The van der Waals surface area contributed by atoms with Gasteiger partial charge in [0, 0.05) is 6.54 Å². The predicted molar refractivity (Wildman–Crippen MR) is 66.1 cm³/mol. The van der Waals surface area contributed by atoms with Gasteiger partial charge in [0.05, 0.1) is 6.04 Å². The number of rotatable bonds is 5. The van der Waals surface area contributed by atoms with Gasteiger partial charge < -0.3 is 11.1 Å². The highest BCUT2D eigenvalue weighted by molar-refractivity contribution is 5.81.